The van der Waals surface area contributed by atoms with Crippen molar-refractivity contribution in [1.29, 1.82) is 0 Å². The van der Waals surface area contributed by atoms with Gasteiger partial charge in [0.1, 0.15) is 23.4 Å². The van der Waals surface area contributed by atoms with Gasteiger partial charge in [0, 0.05) is 5.56 Å². The van der Waals surface area contributed by atoms with Gasteiger partial charge in [0.25, 0.3) is 5.78 Å². The maximum absolute atomic E-state index is 10.7. The van der Waals surface area contributed by atoms with E-state index >= 15 is 0 Å². The Morgan fingerprint density at radius 3 is 3.11 bits per heavy atom. The maximum Gasteiger partial charge on any atom is 0.255 e. The molecule has 0 aromatic carbocycles. The summed E-state index contributed by atoms with van der Waals surface area (Å²) in [7, 11) is 0. The molecule has 4 N–H and O–H groups in total. The van der Waals surface area contributed by atoms with E-state index in [-0.39, 0.29) is 11.7 Å². The lowest BCUT2D eigenvalue weighted by Crippen LogP contribution is -2.34. The van der Waals surface area contributed by atoms with Gasteiger partial charge in [-0.15, -0.1) is 0 Å². The van der Waals surface area contributed by atoms with E-state index in [0.717, 1.165) is 0 Å². The molecule has 0 aliphatic rings. The van der Waals surface area contributed by atoms with Crippen molar-refractivity contribution in [3.05, 3.63) is 17.0 Å². The molecule has 2 heterocycles. The van der Waals surface area contributed by atoms with Crippen LogP contribution in [0.1, 0.15) is 5.56 Å². The lowest BCUT2D eigenvalue weighted by atomic mass is 10.3. The summed E-state index contributed by atoms with van der Waals surface area (Å²) in [6.45, 7) is 1.68. The number of aliphatic hydroxyl groups is 1. The Balaban J connectivity index is 2.34. The van der Waals surface area contributed by atoms with Crippen LogP contribution in [-0.4, -0.2) is 43.2 Å². The number of amides is 1. The smallest absolute Gasteiger partial charge is 0.255 e. The standard InChI is InChI=1S/C9H11ClN6O2/c1-4-6(10)15-9-13-3-14-16(9)8(4)12-2-5(17)7(11)18/h3,5,12,17H,2H2,1H3,(H2,11,18). The van der Waals surface area contributed by atoms with E-state index in [0.29, 0.717) is 17.2 Å². The number of aromatic nitrogens is 4. The second-order valence-electron chi connectivity index (χ2n) is 3.65. The van der Waals surface area contributed by atoms with E-state index in [1.165, 1.54) is 10.8 Å². The average Bonchev–Trinajstić information content (AvgIpc) is 2.76. The summed E-state index contributed by atoms with van der Waals surface area (Å²) in [5.74, 6) is 0.0135. The maximum atomic E-state index is 10.7. The Hall–Kier alpha value is -1.93. The van der Waals surface area contributed by atoms with Gasteiger partial charge < -0.3 is 16.2 Å². The van der Waals surface area contributed by atoms with Crippen LogP contribution in [0, 0.1) is 6.92 Å². The van der Waals surface area contributed by atoms with Gasteiger partial charge in [-0.05, 0) is 6.92 Å². The minimum atomic E-state index is -1.30. The van der Waals surface area contributed by atoms with Gasteiger partial charge in [0.2, 0.25) is 5.91 Å². The molecule has 0 spiro atoms. The number of fused-ring (bicyclic) bond motifs is 1. The van der Waals surface area contributed by atoms with Crippen LogP contribution in [0.15, 0.2) is 6.33 Å². The van der Waals surface area contributed by atoms with Crippen molar-refractivity contribution in [1.82, 2.24) is 19.6 Å². The fraction of sp³-hybridized carbons (Fsp3) is 0.333. The first-order valence-electron chi connectivity index (χ1n) is 5.07. The van der Waals surface area contributed by atoms with E-state index in [1.54, 1.807) is 6.92 Å². The molecule has 1 amide bonds. The lowest BCUT2D eigenvalue weighted by Gasteiger charge is -2.13. The molecule has 0 bridgehead atoms. The van der Waals surface area contributed by atoms with Gasteiger partial charge >= 0.3 is 0 Å². The van der Waals surface area contributed by atoms with Crippen LogP contribution in [0.3, 0.4) is 0 Å². The third kappa shape index (κ3) is 2.20. The second-order valence-corrected chi connectivity index (χ2v) is 4.01. The molecule has 1 atom stereocenters. The van der Waals surface area contributed by atoms with Gasteiger partial charge in [0.05, 0.1) is 6.54 Å². The van der Waals surface area contributed by atoms with Crippen molar-refractivity contribution in [3.8, 4) is 0 Å². The minimum absolute atomic E-state index is 0.0501. The van der Waals surface area contributed by atoms with Gasteiger partial charge in [-0.3, -0.25) is 4.79 Å². The van der Waals surface area contributed by atoms with Crippen molar-refractivity contribution in [3.63, 3.8) is 0 Å². The second kappa shape index (κ2) is 4.75. The summed E-state index contributed by atoms with van der Waals surface area (Å²) in [4.78, 5) is 18.7. The van der Waals surface area contributed by atoms with Crippen molar-refractivity contribution in [2.75, 3.05) is 11.9 Å². The van der Waals surface area contributed by atoms with E-state index in [2.05, 4.69) is 20.4 Å². The molecular formula is C9H11ClN6O2. The van der Waals surface area contributed by atoms with Crippen LogP contribution in [0.25, 0.3) is 5.78 Å². The Labute approximate surface area is 107 Å². The van der Waals surface area contributed by atoms with Crippen LogP contribution in [0.2, 0.25) is 5.15 Å². The van der Waals surface area contributed by atoms with Crippen molar-refractivity contribution in [2.45, 2.75) is 13.0 Å². The average molecular weight is 271 g/mol. The molecule has 8 nitrogen and oxygen atoms in total. The van der Waals surface area contributed by atoms with Crippen LogP contribution >= 0.6 is 11.6 Å². The molecule has 0 saturated carbocycles. The largest absolute Gasteiger partial charge is 0.381 e. The highest BCUT2D eigenvalue weighted by molar-refractivity contribution is 6.30. The molecule has 9 heteroatoms. The number of nitrogens with zero attached hydrogens (tertiary/aromatic N) is 4. The Kier molecular flexibility index (Phi) is 3.30. The number of anilines is 1. The van der Waals surface area contributed by atoms with Crippen LogP contribution in [-0.2, 0) is 4.79 Å². The first-order chi connectivity index (χ1) is 8.50. The molecule has 0 radical (unpaired) electrons. The molecule has 2 rings (SSSR count). The van der Waals surface area contributed by atoms with E-state index in [1.807, 2.05) is 0 Å². The Morgan fingerprint density at radius 2 is 2.44 bits per heavy atom. The van der Waals surface area contributed by atoms with Gasteiger partial charge in [-0.25, -0.2) is 0 Å². The highest BCUT2D eigenvalue weighted by Crippen LogP contribution is 2.21. The van der Waals surface area contributed by atoms with E-state index in [4.69, 9.17) is 17.3 Å². The van der Waals surface area contributed by atoms with Gasteiger partial charge in [-0.1, -0.05) is 11.6 Å². The van der Waals surface area contributed by atoms with Crippen molar-refractivity contribution < 1.29 is 9.90 Å². The predicted octanol–water partition coefficient (Wildman–Crippen LogP) is -0.656. The summed E-state index contributed by atoms with van der Waals surface area (Å²) in [6.07, 6.45) is 0.0308. The predicted molar refractivity (Wildman–Crippen MR) is 64.2 cm³/mol. The molecular weight excluding hydrogens is 260 g/mol. The summed E-state index contributed by atoms with van der Waals surface area (Å²) < 4.78 is 1.43. The number of hydrogen-bond donors (Lipinski definition) is 3. The quantitative estimate of drug-likeness (QED) is 0.635. The zero-order valence-corrected chi connectivity index (χ0v) is 10.2. The third-order valence-corrected chi connectivity index (χ3v) is 2.76. The Morgan fingerprint density at radius 1 is 1.72 bits per heavy atom. The Bertz CT molecular complexity index is 598. The highest BCUT2D eigenvalue weighted by atomic mass is 35.5. The van der Waals surface area contributed by atoms with E-state index < -0.39 is 12.0 Å². The number of carbonyl (C=O) groups is 1. The fourth-order valence-corrected chi connectivity index (χ4v) is 1.56. The lowest BCUT2D eigenvalue weighted by molar-refractivity contribution is -0.125. The summed E-state index contributed by atoms with van der Waals surface area (Å²) >= 11 is 5.94. The molecule has 0 saturated heterocycles. The minimum Gasteiger partial charge on any atom is -0.381 e. The number of aliphatic hydroxyl groups excluding tert-OH is 1. The zero-order valence-electron chi connectivity index (χ0n) is 9.46. The van der Waals surface area contributed by atoms with Gasteiger partial charge in [0.15, 0.2) is 0 Å². The molecule has 0 aliphatic carbocycles. The number of primary amides is 1. The molecule has 2 aromatic heterocycles. The highest BCUT2D eigenvalue weighted by Gasteiger charge is 2.15. The molecule has 1 unspecified atom stereocenters. The van der Waals surface area contributed by atoms with Crippen LogP contribution in [0.5, 0.6) is 0 Å². The van der Waals surface area contributed by atoms with E-state index in [9.17, 15) is 9.90 Å². The van der Waals surface area contributed by atoms with Crippen LogP contribution in [0.4, 0.5) is 5.82 Å². The molecule has 18 heavy (non-hydrogen) atoms. The third-order valence-electron chi connectivity index (χ3n) is 2.40. The molecule has 0 fully saturated rings. The monoisotopic (exact) mass is 270 g/mol. The SMILES string of the molecule is Cc1c(Cl)nc2ncnn2c1NCC(O)C(N)=O. The summed E-state index contributed by atoms with van der Waals surface area (Å²) in [5, 5.41) is 16.4. The number of rotatable bonds is 4. The summed E-state index contributed by atoms with van der Waals surface area (Å²) in [5.41, 5.74) is 5.59. The van der Waals surface area contributed by atoms with Crippen molar-refractivity contribution >= 4 is 29.1 Å². The molecule has 96 valence electrons. The van der Waals surface area contributed by atoms with Gasteiger partial charge in [-0.2, -0.15) is 19.6 Å². The first-order valence-corrected chi connectivity index (χ1v) is 5.45. The topological polar surface area (TPSA) is 118 Å². The normalized spacial score (nSPS) is 12.6. The number of halogens is 1. The fourth-order valence-electron chi connectivity index (χ4n) is 1.40. The zero-order chi connectivity index (χ0) is 13.3. The molecule has 2 aromatic rings. The number of nitrogens with one attached hydrogen (secondary N) is 1. The number of hydrogen-bond acceptors (Lipinski definition) is 6. The number of carbonyl (C=O) groups excluding carboxylic acids is 1. The van der Waals surface area contributed by atoms with Crippen LogP contribution < -0.4 is 11.1 Å². The molecule has 0 aliphatic heterocycles. The number of nitrogens with two attached hydrogens (primary N) is 1. The van der Waals surface area contributed by atoms with Crippen molar-refractivity contribution in [2.24, 2.45) is 5.73 Å². The summed E-state index contributed by atoms with van der Waals surface area (Å²) in [6, 6.07) is 0. The first kappa shape index (κ1) is 12.5.